The smallest absolute Gasteiger partial charge is 0.119 e. The second-order valence-electron chi connectivity index (χ2n) is 5.07. The highest BCUT2D eigenvalue weighted by Crippen LogP contribution is 2.08. The van der Waals surface area contributed by atoms with Crippen molar-refractivity contribution < 1.29 is 9.84 Å². The molecule has 112 valence electrons. The monoisotopic (exact) mass is 285 g/mol. The SMILES string of the molecule is O[C@H](CNCCCc1ccccc1)COc1ccccc1. The third kappa shape index (κ3) is 6.43. The van der Waals surface area contributed by atoms with Crippen LogP contribution in [0.3, 0.4) is 0 Å². The minimum Gasteiger partial charge on any atom is -0.491 e. The summed E-state index contributed by atoms with van der Waals surface area (Å²) in [6.07, 6.45) is 1.64. The van der Waals surface area contributed by atoms with Crippen molar-refractivity contribution in [2.24, 2.45) is 0 Å². The molecule has 3 nitrogen and oxygen atoms in total. The van der Waals surface area contributed by atoms with Crippen molar-refractivity contribution in [2.75, 3.05) is 19.7 Å². The number of rotatable bonds is 9. The molecule has 2 N–H and O–H groups in total. The van der Waals surface area contributed by atoms with Crippen molar-refractivity contribution in [3.8, 4) is 5.75 Å². The number of benzene rings is 2. The maximum Gasteiger partial charge on any atom is 0.119 e. The van der Waals surface area contributed by atoms with Gasteiger partial charge in [-0.15, -0.1) is 0 Å². The van der Waals surface area contributed by atoms with Gasteiger partial charge in [0.1, 0.15) is 18.5 Å². The quantitative estimate of drug-likeness (QED) is 0.696. The molecule has 1 atom stereocenters. The van der Waals surface area contributed by atoms with Gasteiger partial charge in [-0.3, -0.25) is 0 Å². The van der Waals surface area contributed by atoms with Crippen LogP contribution in [0.5, 0.6) is 5.75 Å². The maximum atomic E-state index is 9.84. The molecule has 0 aliphatic carbocycles. The lowest BCUT2D eigenvalue weighted by atomic mass is 10.1. The van der Waals surface area contributed by atoms with Crippen LogP contribution in [0.25, 0.3) is 0 Å². The van der Waals surface area contributed by atoms with E-state index in [1.165, 1.54) is 5.56 Å². The number of hydrogen-bond acceptors (Lipinski definition) is 3. The van der Waals surface area contributed by atoms with Crippen molar-refractivity contribution in [3.05, 3.63) is 66.2 Å². The molecule has 0 unspecified atom stereocenters. The first-order chi connectivity index (χ1) is 10.3. The Morgan fingerprint density at radius 3 is 2.33 bits per heavy atom. The molecule has 0 saturated carbocycles. The number of aliphatic hydroxyl groups is 1. The Balaban J connectivity index is 1.52. The van der Waals surface area contributed by atoms with E-state index in [0.717, 1.165) is 25.1 Å². The Kier molecular flexibility index (Phi) is 6.78. The predicted molar refractivity (Wildman–Crippen MR) is 85.6 cm³/mol. The fourth-order valence-corrected chi connectivity index (χ4v) is 2.10. The van der Waals surface area contributed by atoms with Crippen LogP contribution in [0.2, 0.25) is 0 Å². The molecule has 2 aromatic carbocycles. The molecular formula is C18H23NO2. The van der Waals surface area contributed by atoms with E-state index in [4.69, 9.17) is 4.74 Å². The molecule has 0 amide bonds. The summed E-state index contributed by atoms with van der Waals surface area (Å²) >= 11 is 0. The number of ether oxygens (including phenoxy) is 1. The molecule has 0 aliphatic rings. The Labute approximate surface area is 126 Å². The summed E-state index contributed by atoms with van der Waals surface area (Å²) in [6, 6.07) is 20.0. The van der Waals surface area contributed by atoms with Gasteiger partial charge >= 0.3 is 0 Å². The van der Waals surface area contributed by atoms with Crippen LogP contribution in [-0.4, -0.2) is 30.9 Å². The van der Waals surface area contributed by atoms with Crippen molar-refractivity contribution >= 4 is 0 Å². The molecule has 21 heavy (non-hydrogen) atoms. The molecule has 0 heterocycles. The summed E-state index contributed by atoms with van der Waals surface area (Å²) in [6.45, 7) is 1.77. The molecule has 0 aliphatic heterocycles. The van der Waals surface area contributed by atoms with Gasteiger partial charge < -0.3 is 15.2 Å². The van der Waals surface area contributed by atoms with Crippen LogP contribution in [0.4, 0.5) is 0 Å². The lowest BCUT2D eigenvalue weighted by Gasteiger charge is -2.13. The average molecular weight is 285 g/mol. The van der Waals surface area contributed by atoms with Crippen LogP contribution < -0.4 is 10.1 Å². The standard InChI is InChI=1S/C18H23NO2/c20-17(15-21-18-11-5-2-6-12-18)14-19-13-7-10-16-8-3-1-4-9-16/h1-6,8-9,11-12,17,19-20H,7,10,13-15H2/t17-/m1/s1. The second kappa shape index (κ2) is 9.16. The lowest BCUT2D eigenvalue weighted by Crippen LogP contribution is -2.32. The van der Waals surface area contributed by atoms with E-state index >= 15 is 0 Å². The van der Waals surface area contributed by atoms with Crippen LogP contribution >= 0.6 is 0 Å². The number of aliphatic hydroxyl groups excluding tert-OH is 1. The van der Waals surface area contributed by atoms with Crippen LogP contribution in [-0.2, 0) is 6.42 Å². The van der Waals surface area contributed by atoms with Gasteiger partial charge in [-0.05, 0) is 37.1 Å². The zero-order valence-electron chi connectivity index (χ0n) is 12.2. The summed E-state index contributed by atoms with van der Waals surface area (Å²) in [5, 5.41) is 13.1. The normalized spacial score (nSPS) is 12.0. The molecule has 3 heteroatoms. The Morgan fingerprint density at radius 1 is 0.952 bits per heavy atom. The zero-order valence-corrected chi connectivity index (χ0v) is 12.2. The molecule has 2 aromatic rings. The first-order valence-electron chi connectivity index (χ1n) is 7.45. The molecule has 0 aromatic heterocycles. The van der Waals surface area contributed by atoms with Gasteiger partial charge in [-0.2, -0.15) is 0 Å². The number of hydrogen-bond donors (Lipinski definition) is 2. The molecule has 0 bridgehead atoms. The van der Waals surface area contributed by atoms with E-state index in [0.29, 0.717) is 13.2 Å². The number of aryl methyl sites for hydroxylation is 1. The number of nitrogens with one attached hydrogen (secondary N) is 1. The highest BCUT2D eigenvalue weighted by Gasteiger charge is 2.04. The van der Waals surface area contributed by atoms with Gasteiger partial charge in [-0.25, -0.2) is 0 Å². The minimum absolute atomic E-state index is 0.315. The summed E-state index contributed by atoms with van der Waals surface area (Å²) < 4.78 is 5.50. The zero-order chi connectivity index (χ0) is 14.8. The molecule has 2 rings (SSSR count). The molecule has 0 saturated heterocycles. The van der Waals surface area contributed by atoms with Gasteiger partial charge in [-0.1, -0.05) is 48.5 Å². The fourth-order valence-electron chi connectivity index (χ4n) is 2.10. The Morgan fingerprint density at radius 2 is 1.62 bits per heavy atom. The van der Waals surface area contributed by atoms with E-state index in [1.807, 2.05) is 36.4 Å². The fraction of sp³-hybridized carbons (Fsp3) is 0.333. The van der Waals surface area contributed by atoms with Crippen molar-refractivity contribution in [1.29, 1.82) is 0 Å². The summed E-state index contributed by atoms with van der Waals surface area (Å²) in [5.41, 5.74) is 1.35. The van der Waals surface area contributed by atoms with Crippen LogP contribution in [0, 0.1) is 0 Å². The molecule has 0 spiro atoms. The van der Waals surface area contributed by atoms with Gasteiger partial charge in [0.05, 0.1) is 0 Å². The maximum absolute atomic E-state index is 9.84. The predicted octanol–water partition coefficient (Wildman–Crippen LogP) is 2.65. The van der Waals surface area contributed by atoms with Gasteiger partial charge in [0.15, 0.2) is 0 Å². The number of para-hydroxylation sites is 1. The van der Waals surface area contributed by atoms with E-state index < -0.39 is 6.10 Å². The largest absolute Gasteiger partial charge is 0.491 e. The molecule has 0 fully saturated rings. The molecular weight excluding hydrogens is 262 g/mol. The third-order valence-corrected chi connectivity index (χ3v) is 3.23. The average Bonchev–Trinajstić information content (AvgIpc) is 2.54. The third-order valence-electron chi connectivity index (χ3n) is 3.23. The van der Waals surface area contributed by atoms with Crippen molar-refractivity contribution in [3.63, 3.8) is 0 Å². The van der Waals surface area contributed by atoms with Crippen LogP contribution in [0.1, 0.15) is 12.0 Å². The van der Waals surface area contributed by atoms with Gasteiger partial charge in [0, 0.05) is 6.54 Å². The topological polar surface area (TPSA) is 41.5 Å². The van der Waals surface area contributed by atoms with E-state index in [2.05, 4.69) is 29.6 Å². The van der Waals surface area contributed by atoms with Gasteiger partial charge in [0.2, 0.25) is 0 Å². The van der Waals surface area contributed by atoms with Crippen molar-refractivity contribution in [2.45, 2.75) is 18.9 Å². The highest BCUT2D eigenvalue weighted by atomic mass is 16.5. The molecule has 0 radical (unpaired) electrons. The van der Waals surface area contributed by atoms with E-state index in [9.17, 15) is 5.11 Å². The summed E-state index contributed by atoms with van der Waals surface area (Å²) in [5.74, 6) is 0.792. The van der Waals surface area contributed by atoms with E-state index in [1.54, 1.807) is 0 Å². The lowest BCUT2D eigenvalue weighted by molar-refractivity contribution is 0.106. The van der Waals surface area contributed by atoms with Crippen molar-refractivity contribution in [1.82, 2.24) is 5.32 Å². The highest BCUT2D eigenvalue weighted by molar-refractivity contribution is 5.20. The first kappa shape index (κ1) is 15.5. The minimum atomic E-state index is -0.484. The first-order valence-corrected chi connectivity index (χ1v) is 7.45. The second-order valence-corrected chi connectivity index (χ2v) is 5.07. The van der Waals surface area contributed by atoms with E-state index in [-0.39, 0.29) is 0 Å². The Hall–Kier alpha value is -1.84. The summed E-state index contributed by atoms with van der Waals surface area (Å²) in [7, 11) is 0. The summed E-state index contributed by atoms with van der Waals surface area (Å²) in [4.78, 5) is 0. The van der Waals surface area contributed by atoms with Gasteiger partial charge in [0.25, 0.3) is 0 Å². The Bertz CT molecular complexity index is 487. The van der Waals surface area contributed by atoms with Crippen LogP contribution in [0.15, 0.2) is 60.7 Å².